The summed E-state index contributed by atoms with van der Waals surface area (Å²) in [6.45, 7) is 2.63. The molecule has 0 bridgehead atoms. The average Bonchev–Trinajstić information content (AvgIpc) is 2.98. The molecule has 0 aliphatic rings. The van der Waals surface area contributed by atoms with Crippen molar-refractivity contribution in [3.8, 4) is 5.75 Å². The van der Waals surface area contributed by atoms with Crippen molar-refractivity contribution in [1.82, 2.24) is 23.5 Å². The van der Waals surface area contributed by atoms with Gasteiger partial charge in [0.2, 0.25) is 0 Å². The van der Waals surface area contributed by atoms with Crippen LogP contribution in [-0.4, -0.2) is 30.6 Å². The first-order valence-corrected chi connectivity index (χ1v) is 9.42. The van der Waals surface area contributed by atoms with Gasteiger partial charge in [-0.15, -0.1) is 0 Å². The maximum atomic E-state index is 12.8. The lowest BCUT2D eigenvalue weighted by Crippen LogP contribution is -2.21. The number of nitrogens with one attached hydrogen (secondary N) is 1. The zero-order valence-electron chi connectivity index (χ0n) is 16.0. The van der Waals surface area contributed by atoms with Gasteiger partial charge in [-0.05, 0) is 36.8 Å². The minimum atomic E-state index is -0.290. The summed E-state index contributed by atoms with van der Waals surface area (Å²) < 4.78 is 8.01. The van der Waals surface area contributed by atoms with E-state index in [-0.39, 0.29) is 5.69 Å². The molecule has 29 heavy (non-hydrogen) atoms. The third-order valence-corrected chi connectivity index (χ3v) is 4.89. The average molecular weight is 408 g/mol. The van der Waals surface area contributed by atoms with Crippen LogP contribution in [0.4, 0.5) is 5.82 Å². The molecule has 3 aromatic heterocycles. The van der Waals surface area contributed by atoms with Crippen LogP contribution in [0.3, 0.4) is 0 Å². The second-order valence-corrected chi connectivity index (χ2v) is 6.89. The highest BCUT2D eigenvalue weighted by Gasteiger charge is 2.18. The molecule has 3 heterocycles. The number of pyridine rings is 1. The fraction of sp³-hybridized carbons (Fsp3) is 0.200. The molecule has 148 valence electrons. The minimum Gasteiger partial charge on any atom is -0.497 e. The Hall–Kier alpha value is -3.33. The lowest BCUT2D eigenvalue weighted by atomic mass is 10.2. The summed E-state index contributed by atoms with van der Waals surface area (Å²) in [7, 11) is 1.63. The molecule has 0 radical (unpaired) electrons. The summed E-state index contributed by atoms with van der Waals surface area (Å²) >= 11 is 4.39. The van der Waals surface area contributed by atoms with Crippen molar-refractivity contribution in [3.63, 3.8) is 0 Å². The number of rotatable bonds is 6. The molecule has 4 rings (SSSR count). The Bertz CT molecular complexity index is 1200. The van der Waals surface area contributed by atoms with E-state index in [1.807, 2.05) is 42.5 Å². The van der Waals surface area contributed by atoms with Gasteiger partial charge in [-0.25, -0.2) is 18.7 Å². The molecule has 0 saturated heterocycles. The molecule has 8 nitrogen and oxygen atoms in total. The third-order valence-electron chi connectivity index (χ3n) is 4.52. The van der Waals surface area contributed by atoms with Gasteiger partial charge in [-0.1, -0.05) is 31.0 Å². The van der Waals surface area contributed by atoms with E-state index < -0.39 is 0 Å². The van der Waals surface area contributed by atoms with Gasteiger partial charge in [-0.3, -0.25) is 9.55 Å². The van der Waals surface area contributed by atoms with Crippen LogP contribution in [0.25, 0.3) is 11.2 Å². The zero-order chi connectivity index (χ0) is 20.4. The first-order valence-electron chi connectivity index (χ1n) is 9.02. The van der Waals surface area contributed by atoms with Crippen molar-refractivity contribution < 1.29 is 4.74 Å². The van der Waals surface area contributed by atoms with Crippen LogP contribution in [0.2, 0.25) is 0 Å². The normalized spacial score (nSPS) is 11.0. The standard InChI is InChI=1S/C20H20N6O2S/c1-13-23-18(22-11-14-6-8-16(28-2)9-7-14)17-19(24-13)25(20(27)26(17)29)12-15-5-3-4-10-21-15/h3-10,29H,11-12H2,1-2H3,(H,22,23,24). The molecule has 0 atom stereocenters. The van der Waals surface area contributed by atoms with Crippen molar-refractivity contribution in [3.05, 3.63) is 76.2 Å². The second-order valence-electron chi connectivity index (χ2n) is 6.49. The predicted molar refractivity (Wildman–Crippen MR) is 115 cm³/mol. The van der Waals surface area contributed by atoms with Gasteiger partial charge in [0.05, 0.1) is 19.3 Å². The molecule has 1 aromatic carbocycles. The number of benzene rings is 1. The van der Waals surface area contributed by atoms with Crippen LogP contribution in [0.15, 0.2) is 53.5 Å². The molecular formula is C20H20N6O2S. The number of imidazole rings is 1. The van der Waals surface area contributed by atoms with Gasteiger partial charge < -0.3 is 10.1 Å². The summed E-state index contributed by atoms with van der Waals surface area (Å²) in [6, 6.07) is 13.3. The van der Waals surface area contributed by atoms with E-state index in [1.165, 1.54) is 3.97 Å². The van der Waals surface area contributed by atoms with E-state index >= 15 is 0 Å². The van der Waals surface area contributed by atoms with Crippen LogP contribution in [0.1, 0.15) is 17.1 Å². The number of ether oxygens (including phenoxy) is 1. The number of methoxy groups -OCH3 is 1. The van der Waals surface area contributed by atoms with Crippen LogP contribution >= 0.6 is 12.8 Å². The number of thiol groups is 1. The SMILES string of the molecule is COc1ccc(CNc2nc(C)nc3c2n(S)c(=O)n3Cc2ccccn2)cc1. The van der Waals surface area contributed by atoms with Crippen LogP contribution < -0.4 is 15.7 Å². The summed E-state index contributed by atoms with van der Waals surface area (Å²) in [4.78, 5) is 26.1. The van der Waals surface area contributed by atoms with E-state index in [4.69, 9.17) is 4.74 Å². The minimum absolute atomic E-state index is 0.290. The van der Waals surface area contributed by atoms with Crippen LogP contribution in [0.5, 0.6) is 5.75 Å². The van der Waals surface area contributed by atoms with Gasteiger partial charge >= 0.3 is 5.69 Å². The number of nitrogens with zero attached hydrogens (tertiary/aromatic N) is 5. The van der Waals surface area contributed by atoms with Crippen LogP contribution in [0, 0.1) is 6.92 Å². The summed E-state index contributed by atoms with van der Waals surface area (Å²) in [6.07, 6.45) is 1.70. The maximum Gasteiger partial charge on any atom is 0.340 e. The number of hydrogen-bond donors (Lipinski definition) is 2. The van der Waals surface area contributed by atoms with E-state index in [1.54, 1.807) is 24.8 Å². The molecule has 0 aliphatic heterocycles. The lowest BCUT2D eigenvalue weighted by Gasteiger charge is -2.09. The summed E-state index contributed by atoms with van der Waals surface area (Å²) in [5.74, 6) is 1.91. The van der Waals surface area contributed by atoms with Crippen molar-refractivity contribution in [2.24, 2.45) is 0 Å². The van der Waals surface area contributed by atoms with Gasteiger partial charge in [-0.2, -0.15) is 0 Å². The highest BCUT2D eigenvalue weighted by Crippen LogP contribution is 2.22. The van der Waals surface area contributed by atoms with Crippen molar-refractivity contribution in [1.29, 1.82) is 0 Å². The van der Waals surface area contributed by atoms with Gasteiger partial charge in [0.15, 0.2) is 11.5 Å². The number of anilines is 1. The number of aromatic nitrogens is 5. The fourth-order valence-electron chi connectivity index (χ4n) is 3.08. The fourth-order valence-corrected chi connectivity index (χ4v) is 3.38. The second kappa shape index (κ2) is 7.96. The Morgan fingerprint density at radius 1 is 1.14 bits per heavy atom. The summed E-state index contributed by atoms with van der Waals surface area (Å²) in [5, 5.41) is 3.30. The molecule has 0 unspecified atom stereocenters. The monoisotopic (exact) mass is 408 g/mol. The van der Waals surface area contributed by atoms with Crippen molar-refractivity contribution >= 4 is 29.8 Å². The molecule has 0 saturated carbocycles. The van der Waals surface area contributed by atoms with Gasteiger partial charge in [0.25, 0.3) is 0 Å². The number of aryl methyl sites for hydroxylation is 1. The van der Waals surface area contributed by atoms with Gasteiger partial charge in [0, 0.05) is 12.7 Å². The quantitative estimate of drug-likeness (QED) is 0.477. The number of hydrogen-bond acceptors (Lipinski definition) is 7. The van der Waals surface area contributed by atoms with Crippen molar-refractivity contribution in [2.45, 2.75) is 20.0 Å². The largest absolute Gasteiger partial charge is 0.497 e. The first-order chi connectivity index (χ1) is 14.1. The molecule has 0 fully saturated rings. The Morgan fingerprint density at radius 3 is 2.62 bits per heavy atom. The number of fused-ring (bicyclic) bond motifs is 1. The maximum absolute atomic E-state index is 12.8. The first kappa shape index (κ1) is 19.0. The topological polar surface area (TPSA) is 86.9 Å². The Labute approximate surface area is 172 Å². The van der Waals surface area contributed by atoms with E-state index in [2.05, 4.69) is 33.1 Å². The van der Waals surface area contributed by atoms with Crippen LogP contribution in [-0.2, 0) is 13.1 Å². The molecule has 0 aliphatic carbocycles. The highest BCUT2D eigenvalue weighted by molar-refractivity contribution is 7.78. The van der Waals surface area contributed by atoms with Crippen molar-refractivity contribution in [2.75, 3.05) is 12.4 Å². The molecule has 4 aromatic rings. The lowest BCUT2D eigenvalue weighted by molar-refractivity contribution is 0.414. The van der Waals surface area contributed by atoms with E-state index in [0.29, 0.717) is 35.9 Å². The molecule has 0 spiro atoms. The Balaban J connectivity index is 1.71. The molecule has 1 N–H and O–H groups in total. The zero-order valence-corrected chi connectivity index (χ0v) is 16.9. The van der Waals surface area contributed by atoms with E-state index in [9.17, 15) is 4.79 Å². The smallest absolute Gasteiger partial charge is 0.340 e. The van der Waals surface area contributed by atoms with E-state index in [0.717, 1.165) is 17.0 Å². The Morgan fingerprint density at radius 2 is 1.93 bits per heavy atom. The molecule has 9 heteroatoms. The van der Waals surface area contributed by atoms with Gasteiger partial charge in [0.1, 0.15) is 17.1 Å². The third kappa shape index (κ3) is 3.81. The molecule has 0 amide bonds. The highest BCUT2D eigenvalue weighted by atomic mass is 32.1. The Kier molecular flexibility index (Phi) is 5.22. The summed E-state index contributed by atoms with van der Waals surface area (Å²) in [5.41, 5.74) is 2.57. The molecular weight excluding hydrogens is 388 g/mol. The predicted octanol–water partition coefficient (Wildman–Crippen LogP) is 2.66.